The van der Waals surface area contributed by atoms with Crippen LogP contribution in [0.1, 0.15) is 17.3 Å². The van der Waals surface area contributed by atoms with E-state index in [1.54, 1.807) is 7.11 Å². The largest absolute Gasteiger partial charge is 0.492 e. The summed E-state index contributed by atoms with van der Waals surface area (Å²) >= 11 is 0. The summed E-state index contributed by atoms with van der Waals surface area (Å²) in [6.07, 6.45) is 1.85. The average Bonchev–Trinajstić information content (AvgIpc) is 2.95. The summed E-state index contributed by atoms with van der Waals surface area (Å²) in [6.45, 7) is 4.52. The molecular formula is C15H18N2O4. The summed E-state index contributed by atoms with van der Waals surface area (Å²) in [5.74, 6) is 1.70. The Morgan fingerprint density at radius 3 is 3.10 bits per heavy atom. The molecule has 0 radical (unpaired) electrons. The van der Waals surface area contributed by atoms with Crippen molar-refractivity contribution in [3.05, 3.63) is 29.8 Å². The van der Waals surface area contributed by atoms with E-state index < -0.39 is 0 Å². The van der Waals surface area contributed by atoms with Gasteiger partial charge in [0.05, 0.1) is 7.11 Å². The number of hydrogen-bond acceptors (Lipinski definition) is 5. The van der Waals surface area contributed by atoms with E-state index in [9.17, 15) is 4.79 Å². The number of likely N-dealkylation sites (N-methyl/N-ethyl adjacent to an activating group) is 1. The zero-order valence-electron chi connectivity index (χ0n) is 12.1. The highest BCUT2D eigenvalue weighted by atomic mass is 16.7. The molecule has 2 aliphatic rings. The fraction of sp³-hybridized carbons (Fsp3) is 0.400. The van der Waals surface area contributed by atoms with Gasteiger partial charge in [-0.2, -0.15) is 0 Å². The van der Waals surface area contributed by atoms with Crippen molar-refractivity contribution in [1.29, 1.82) is 0 Å². The number of hydrogen-bond donors (Lipinski definition) is 1. The number of ether oxygens (including phenoxy) is 3. The second-order valence-corrected chi connectivity index (χ2v) is 5.06. The maximum atomic E-state index is 11.7. The van der Waals surface area contributed by atoms with Gasteiger partial charge in [0, 0.05) is 12.1 Å². The van der Waals surface area contributed by atoms with E-state index in [1.807, 2.05) is 13.1 Å². The standard InChI is InChI=1S/C15H18N2O4/c1-4-11(18)16-15-12-9(5-6-17(15)2)7-10-13(14(12)19-3)21-8-20-10/h4,7,15H,1,5-6,8H2,2-3H3,(H,16,18). The Morgan fingerprint density at radius 1 is 1.57 bits per heavy atom. The summed E-state index contributed by atoms with van der Waals surface area (Å²) in [5, 5.41) is 2.93. The van der Waals surface area contributed by atoms with Crippen molar-refractivity contribution >= 4 is 5.91 Å². The van der Waals surface area contributed by atoms with E-state index in [1.165, 1.54) is 6.08 Å². The Labute approximate surface area is 123 Å². The third kappa shape index (κ3) is 2.21. The van der Waals surface area contributed by atoms with Gasteiger partial charge in [-0.1, -0.05) is 6.58 Å². The van der Waals surface area contributed by atoms with Crippen LogP contribution in [0.15, 0.2) is 18.7 Å². The Morgan fingerprint density at radius 2 is 2.38 bits per heavy atom. The quantitative estimate of drug-likeness (QED) is 0.848. The number of fused-ring (bicyclic) bond motifs is 2. The Hall–Kier alpha value is -2.21. The molecule has 6 heteroatoms. The molecule has 1 aromatic carbocycles. The van der Waals surface area contributed by atoms with Crippen LogP contribution in [0.25, 0.3) is 0 Å². The summed E-state index contributed by atoms with van der Waals surface area (Å²) in [6, 6.07) is 1.97. The Balaban J connectivity index is 2.11. The van der Waals surface area contributed by atoms with Gasteiger partial charge in [0.1, 0.15) is 6.17 Å². The SMILES string of the molecule is C=CC(=O)NC1c2c(cc3c(c2OC)OCO3)CCN1C. The maximum Gasteiger partial charge on any atom is 0.244 e. The second kappa shape index (κ2) is 5.29. The van der Waals surface area contributed by atoms with Crippen LogP contribution in [0.5, 0.6) is 17.2 Å². The van der Waals surface area contributed by atoms with E-state index in [4.69, 9.17) is 14.2 Å². The van der Waals surface area contributed by atoms with Crippen molar-refractivity contribution in [2.75, 3.05) is 27.5 Å². The molecule has 0 spiro atoms. The predicted octanol–water partition coefficient (Wildman–Crippen LogP) is 1.21. The highest BCUT2D eigenvalue weighted by Gasteiger charge is 2.34. The molecule has 2 aliphatic heterocycles. The Bertz CT molecular complexity index is 600. The number of carbonyl (C=O) groups excluding carboxylic acids is 1. The first-order chi connectivity index (χ1) is 10.2. The number of amides is 1. The van der Waals surface area contributed by atoms with Gasteiger partial charge >= 0.3 is 0 Å². The third-order valence-electron chi connectivity index (χ3n) is 3.86. The van der Waals surface area contributed by atoms with Crippen LogP contribution in [0.4, 0.5) is 0 Å². The minimum absolute atomic E-state index is 0.189. The summed E-state index contributed by atoms with van der Waals surface area (Å²) < 4.78 is 16.5. The van der Waals surface area contributed by atoms with Crippen molar-refractivity contribution in [1.82, 2.24) is 10.2 Å². The molecule has 1 atom stereocenters. The highest BCUT2D eigenvalue weighted by Crippen LogP contribution is 2.48. The molecule has 21 heavy (non-hydrogen) atoms. The van der Waals surface area contributed by atoms with Gasteiger partial charge in [0.25, 0.3) is 0 Å². The number of methoxy groups -OCH3 is 1. The number of carbonyl (C=O) groups is 1. The molecule has 0 bridgehead atoms. The molecule has 0 fully saturated rings. The molecule has 1 aromatic rings. The highest BCUT2D eigenvalue weighted by molar-refractivity contribution is 5.87. The van der Waals surface area contributed by atoms with Crippen LogP contribution in [0, 0.1) is 0 Å². The smallest absolute Gasteiger partial charge is 0.244 e. The monoisotopic (exact) mass is 290 g/mol. The molecular weight excluding hydrogens is 272 g/mol. The van der Waals surface area contributed by atoms with Crippen LogP contribution in [-0.4, -0.2) is 38.3 Å². The number of rotatable bonds is 3. The van der Waals surface area contributed by atoms with E-state index in [0.29, 0.717) is 17.2 Å². The molecule has 0 aromatic heterocycles. The topological polar surface area (TPSA) is 60.0 Å². The van der Waals surface area contributed by atoms with Crippen LogP contribution in [0.3, 0.4) is 0 Å². The zero-order valence-corrected chi connectivity index (χ0v) is 12.1. The molecule has 6 nitrogen and oxygen atoms in total. The minimum atomic E-state index is -0.274. The van der Waals surface area contributed by atoms with Gasteiger partial charge in [-0.25, -0.2) is 0 Å². The Kier molecular flexibility index (Phi) is 3.47. The fourth-order valence-corrected chi connectivity index (χ4v) is 2.81. The first-order valence-corrected chi connectivity index (χ1v) is 6.78. The molecule has 0 aliphatic carbocycles. The maximum absolute atomic E-state index is 11.7. The van der Waals surface area contributed by atoms with Gasteiger partial charge < -0.3 is 19.5 Å². The molecule has 0 saturated carbocycles. The van der Waals surface area contributed by atoms with Crippen molar-refractivity contribution in [3.8, 4) is 17.2 Å². The predicted molar refractivity (Wildman–Crippen MR) is 76.5 cm³/mol. The molecule has 3 rings (SSSR count). The van der Waals surface area contributed by atoms with E-state index in [0.717, 1.165) is 24.1 Å². The van der Waals surface area contributed by atoms with Gasteiger partial charge in [-0.15, -0.1) is 0 Å². The third-order valence-corrected chi connectivity index (χ3v) is 3.86. The molecule has 1 N–H and O–H groups in total. The normalized spacial score (nSPS) is 19.8. The van der Waals surface area contributed by atoms with E-state index >= 15 is 0 Å². The van der Waals surface area contributed by atoms with Crippen molar-refractivity contribution in [2.24, 2.45) is 0 Å². The lowest BCUT2D eigenvalue weighted by Crippen LogP contribution is -2.43. The lowest BCUT2D eigenvalue weighted by molar-refractivity contribution is -0.118. The van der Waals surface area contributed by atoms with Crippen LogP contribution >= 0.6 is 0 Å². The van der Waals surface area contributed by atoms with Gasteiger partial charge in [-0.05, 0) is 31.2 Å². The molecule has 1 unspecified atom stereocenters. The lowest BCUT2D eigenvalue weighted by atomic mass is 9.95. The minimum Gasteiger partial charge on any atom is -0.492 e. The van der Waals surface area contributed by atoms with Gasteiger partial charge in [0.2, 0.25) is 18.4 Å². The number of nitrogens with one attached hydrogen (secondary N) is 1. The van der Waals surface area contributed by atoms with Crippen LogP contribution < -0.4 is 19.5 Å². The average molecular weight is 290 g/mol. The van der Waals surface area contributed by atoms with Crippen molar-refractivity contribution < 1.29 is 19.0 Å². The first-order valence-electron chi connectivity index (χ1n) is 6.78. The van der Waals surface area contributed by atoms with Crippen molar-refractivity contribution in [2.45, 2.75) is 12.6 Å². The first kappa shape index (κ1) is 13.8. The molecule has 1 amide bonds. The van der Waals surface area contributed by atoms with Gasteiger partial charge in [-0.3, -0.25) is 9.69 Å². The van der Waals surface area contributed by atoms with Crippen LogP contribution in [-0.2, 0) is 11.2 Å². The summed E-state index contributed by atoms with van der Waals surface area (Å²) in [4.78, 5) is 13.8. The van der Waals surface area contributed by atoms with E-state index in [-0.39, 0.29) is 18.9 Å². The number of benzene rings is 1. The van der Waals surface area contributed by atoms with Gasteiger partial charge in [0.15, 0.2) is 11.5 Å². The second-order valence-electron chi connectivity index (χ2n) is 5.06. The summed E-state index contributed by atoms with van der Waals surface area (Å²) in [7, 11) is 3.56. The van der Waals surface area contributed by atoms with Crippen LogP contribution in [0.2, 0.25) is 0 Å². The number of nitrogens with zero attached hydrogens (tertiary/aromatic N) is 1. The zero-order chi connectivity index (χ0) is 15.0. The molecule has 112 valence electrons. The summed E-state index contributed by atoms with van der Waals surface area (Å²) in [5.41, 5.74) is 2.02. The fourth-order valence-electron chi connectivity index (χ4n) is 2.81. The molecule has 0 saturated heterocycles. The lowest BCUT2D eigenvalue weighted by Gasteiger charge is -2.35. The van der Waals surface area contributed by atoms with Crippen molar-refractivity contribution in [3.63, 3.8) is 0 Å². The van der Waals surface area contributed by atoms with E-state index in [2.05, 4.69) is 16.8 Å². The molecule has 2 heterocycles.